The van der Waals surface area contributed by atoms with Gasteiger partial charge < -0.3 is 9.14 Å². The minimum atomic E-state index is 0.824. The van der Waals surface area contributed by atoms with E-state index in [9.17, 15) is 0 Å². The summed E-state index contributed by atoms with van der Waals surface area (Å²) in [5, 5.41) is 2.11. The molecule has 0 spiro atoms. The van der Waals surface area contributed by atoms with E-state index in [1.165, 1.54) is 10.6 Å². The monoisotopic (exact) mass is 299 g/mol. The average Bonchev–Trinajstić information content (AvgIpc) is 3.16. The molecule has 3 aromatic rings. The lowest BCUT2D eigenvalue weighted by atomic mass is 10.2. The Morgan fingerprint density at radius 3 is 2.86 bits per heavy atom. The second kappa shape index (κ2) is 5.60. The average molecular weight is 299 g/mol. The quantitative estimate of drug-likeness (QED) is 0.745. The van der Waals surface area contributed by atoms with Gasteiger partial charge in [0.05, 0.1) is 23.8 Å². The molecule has 0 radical (unpaired) electrons. The molecule has 0 atom stereocenters. The minimum Gasteiger partial charge on any atom is -0.379 e. The number of rotatable bonds is 3. The molecule has 0 bridgehead atoms. The zero-order chi connectivity index (χ0) is 14.1. The number of ether oxygens (including phenoxy) is 1. The molecule has 1 fully saturated rings. The third-order valence-electron chi connectivity index (χ3n) is 3.86. The van der Waals surface area contributed by atoms with Crippen LogP contribution in [0.1, 0.15) is 5.69 Å². The van der Waals surface area contributed by atoms with E-state index in [1.807, 2.05) is 6.07 Å². The lowest BCUT2D eigenvalue weighted by Gasteiger charge is -2.26. The summed E-state index contributed by atoms with van der Waals surface area (Å²) in [4.78, 5) is 8.52. The van der Waals surface area contributed by atoms with Crippen molar-refractivity contribution in [2.75, 3.05) is 26.3 Å². The molecule has 0 aromatic carbocycles. The van der Waals surface area contributed by atoms with Gasteiger partial charge in [0, 0.05) is 25.8 Å². The highest BCUT2D eigenvalue weighted by atomic mass is 32.1. The Bertz CT molecular complexity index is 729. The Hall–Kier alpha value is -1.69. The molecule has 0 amide bonds. The minimum absolute atomic E-state index is 0.824. The van der Waals surface area contributed by atoms with Gasteiger partial charge in [-0.05, 0) is 23.6 Å². The summed E-state index contributed by atoms with van der Waals surface area (Å²) in [7, 11) is 0. The summed E-state index contributed by atoms with van der Waals surface area (Å²) in [5.74, 6) is 0. The second-order valence-electron chi connectivity index (χ2n) is 5.20. The van der Waals surface area contributed by atoms with Crippen molar-refractivity contribution in [3.05, 3.63) is 47.6 Å². The van der Waals surface area contributed by atoms with Gasteiger partial charge in [0.25, 0.3) is 0 Å². The van der Waals surface area contributed by atoms with Gasteiger partial charge in [0.1, 0.15) is 11.3 Å². The number of nitrogens with zero attached hydrogens (tertiary/aromatic N) is 3. The Labute approximate surface area is 127 Å². The second-order valence-corrected chi connectivity index (χ2v) is 6.15. The normalized spacial score (nSPS) is 16.6. The highest BCUT2D eigenvalue weighted by Crippen LogP contribution is 2.29. The van der Waals surface area contributed by atoms with Crippen LogP contribution in [0.3, 0.4) is 0 Å². The molecule has 108 valence electrons. The van der Waals surface area contributed by atoms with Gasteiger partial charge in [-0.15, -0.1) is 11.3 Å². The number of hydrogen-bond donors (Lipinski definition) is 0. The SMILES string of the molecule is c1csc(-c2nc3ccccn3c2CN2CCOCC2)c1. The summed E-state index contributed by atoms with van der Waals surface area (Å²) in [6, 6.07) is 10.4. The first-order valence-corrected chi connectivity index (χ1v) is 8.10. The fourth-order valence-electron chi connectivity index (χ4n) is 2.78. The van der Waals surface area contributed by atoms with Gasteiger partial charge in [0.15, 0.2) is 0 Å². The molecule has 0 N–H and O–H groups in total. The Balaban J connectivity index is 1.78. The molecule has 5 heteroatoms. The molecule has 4 heterocycles. The van der Waals surface area contributed by atoms with Crippen LogP contribution in [0.5, 0.6) is 0 Å². The summed E-state index contributed by atoms with van der Waals surface area (Å²) in [5.41, 5.74) is 3.40. The van der Waals surface area contributed by atoms with Crippen molar-refractivity contribution in [3.63, 3.8) is 0 Å². The summed E-state index contributed by atoms with van der Waals surface area (Å²) < 4.78 is 7.66. The zero-order valence-corrected chi connectivity index (χ0v) is 12.6. The number of morpholine rings is 1. The van der Waals surface area contributed by atoms with Gasteiger partial charge >= 0.3 is 0 Å². The van der Waals surface area contributed by atoms with Crippen LogP contribution >= 0.6 is 11.3 Å². The highest BCUT2D eigenvalue weighted by Gasteiger charge is 2.18. The molecular weight excluding hydrogens is 282 g/mol. The van der Waals surface area contributed by atoms with E-state index in [1.54, 1.807) is 11.3 Å². The van der Waals surface area contributed by atoms with Gasteiger partial charge in [-0.25, -0.2) is 4.98 Å². The fraction of sp³-hybridized carbons (Fsp3) is 0.312. The predicted octanol–water partition coefficient (Wildman–Crippen LogP) is 2.90. The van der Waals surface area contributed by atoms with Crippen molar-refractivity contribution < 1.29 is 4.74 Å². The summed E-state index contributed by atoms with van der Waals surface area (Å²) in [6.07, 6.45) is 2.11. The molecule has 1 aliphatic rings. The maximum Gasteiger partial charge on any atom is 0.137 e. The summed E-state index contributed by atoms with van der Waals surface area (Å²) >= 11 is 1.75. The highest BCUT2D eigenvalue weighted by molar-refractivity contribution is 7.13. The molecular formula is C16H17N3OS. The first-order chi connectivity index (χ1) is 10.4. The van der Waals surface area contributed by atoms with Gasteiger partial charge in [-0.1, -0.05) is 12.1 Å². The van der Waals surface area contributed by atoms with Crippen LogP contribution in [0.25, 0.3) is 16.2 Å². The van der Waals surface area contributed by atoms with Crippen molar-refractivity contribution in [2.24, 2.45) is 0 Å². The van der Waals surface area contributed by atoms with E-state index < -0.39 is 0 Å². The van der Waals surface area contributed by atoms with Crippen LogP contribution in [0.2, 0.25) is 0 Å². The number of aromatic nitrogens is 2. The molecule has 21 heavy (non-hydrogen) atoms. The molecule has 1 aliphatic heterocycles. The van der Waals surface area contributed by atoms with Crippen LogP contribution in [0.15, 0.2) is 41.9 Å². The van der Waals surface area contributed by atoms with E-state index in [4.69, 9.17) is 9.72 Å². The molecule has 0 unspecified atom stereocenters. The van der Waals surface area contributed by atoms with Crippen molar-refractivity contribution in [2.45, 2.75) is 6.54 Å². The summed E-state index contributed by atoms with van der Waals surface area (Å²) in [6.45, 7) is 4.55. The predicted molar refractivity (Wildman–Crippen MR) is 84.6 cm³/mol. The third-order valence-corrected chi connectivity index (χ3v) is 4.74. The van der Waals surface area contributed by atoms with Crippen LogP contribution in [0, 0.1) is 0 Å². The topological polar surface area (TPSA) is 29.8 Å². The van der Waals surface area contributed by atoms with E-state index >= 15 is 0 Å². The maximum atomic E-state index is 5.45. The molecule has 0 saturated carbocycles. The molecule has 4 rings (SSSR count). The number of fused-ring (bicyclic) bond motifs is 1. The fourth-order valence-corrected chi connectivity index (χ4v) is 3.52. The standard InChI is InChI=1S/C16H17N3OS/c1-2-6-19-13(12-18-7-9-20-10-8-18)16(17-15(19)5-1)14-4-3-11-21-14/h1-6,11H,7-10,12H2. The van der Waals surface area contributed by atoms with Crippen molar-refractivity contribution in [1.82, 2.24) is 14.3 Å². The van der Waals surface area contributed by atoms with E-state index in [2.05, 4.69) is 45.1 Å². The lowest BCUT2D eigenvalue weighted by molar-refractivity contribution is 0.0336. The lowest BCUT2D eigenvalue weighted by Crippen LogP contribution is -2.36. The van der Waals surface area contributed by atoms with Crippen molar-refractivity contribution in [1.29, 1.82) is 0 Å². The first-order valence-electron chi connectivity index (χ1n) is 7.22. The van der Waals surface area contributed by atoms with E-state index in [-0.39, 0.29) is 0 Å². The van der Waals surface area contributed by atoms with Crippen LogP contribution in [-0.4, -0.2) is 40.6 Å². The van der Waals surface area contributed by atoms with Crippen LogP contribution < -0.4 is 0 Å². The smallest absolute Gasteiger partial charge is 0.137 e. The molecule has 4 nitrogen and oxygen atoms in total. The first kappa shape index (κ1) is 13.0. The zero-order valence-electron chi connectivity index (χ0n) is 11.7. The number of thiophene rings is 1. The largest absolute Gasteiger partial charge is 0.379 e. The number of pyridine rings is 1. The van der Waals surface area contributed by atoms with Crippen LogP contribution in [0.4, 0.5) is 0 Å². The van der Waals surface area contributed by atoms with Gasteiger partial charge in [-0.3, -0.25) is 4.90 Å². The van der Waals surface area contributed by atoms with Crippen molar-refractivity contribution >= 4 is 17.0 Å². The Morgan fingerprint density at radius 2 is 2.05 bits per heavy atom. The Morgan fingerprint density at radius 1 is 1.14 bits per heavy atom. The number of imidazole rings is 1. The van der Waals surface area contributed by atoms with Gasteiger partial charge in [0.2, 0.25) is 0 Å². The molecule has 0 aliphatic carbocycles. The maximum absolute atomic E-state index is 5.45. The van der Waals surface area contributed by atoms with Crippen molar-refractivity contribution in [3.8, 4) is 10.6 Å². The van der Waals surface area contributed by atoms with Gasteiger partial charge in [-0.2, -0.15) is 0 Å². The Kier molecular flexibility index (Phi) is 3.47. The van der Waals surface area contributed by atoms with Crippen LogP contribution in [-0.2, 0) is 11.3 Å². The van der Waals surface area contributed by atoms with E-state index in [0.717, 1.165) is 44.2 Å². The molecule has 3 aromatic heterocycles. The van der Waals surface area contributed by atoms with E-state index in [0.29, 0.717) is 0 Å². The number of hydrogen-bond acceptors (Lipinski definition) is 4. The third kappa shape index (κ3) is 2.48. The molecule has 1 saturated heterocycles.